The van der Waals surface area contributed by atoms with Crippen LogP contribution in [0.1, 0.15) is 30.9 Å². The molecule has 3 N–H and O–H groups in total. The molecule has 1 saturated heterocycles. The summed E-state index contributed by atoms with van der Waals surface area (Å²) in [6.07, 6.45) is 3.41. The van der Waals surface area contributed by atoms with Crippen molar-refractivity contribution >= 4 is 0 Å². The summed E-state index contributed by atoms with van der Waals surface area (Å²) in [5.41, 5.74) is 6.69. The van der Waals surface area contributed by atoms with Gasteiger partial charge in [-0.2, -0.15) is 0 Å². The number of benzene rings is 1. The van der Waals surface area contributed by atoms with Crippen molar-refractivity contribution in [3.8, 4) is 0 Å². The van der Waals surface area contributed by atoms with E-state index in [2.05, 4.69) is 5.32 Å². The van der Waals surface area contributed by atoms with E-state index in [1.807, 2.05) is 6.07 Å². The molecular formula is C12H17FN2. The summed E-state index contributed by atoms with van der Waals surface area (Å²) >= 11 is 0. The Bertz CT molecular complexity index is 321. The molecule has 1 aromatic carbocycles. The number of hydrogen-bond acceptors (Lipinski definition) is 2. The molecule has 0 bridgehead atoms. The third kappa shape index (κ3) is 2.36. The fourth-order valence-corrected chi connectivity index (χ4v) is 2.15. The predicted molar refractivity (Wildman–Crippen MR) is 59.0 cm³/mol. The van der Waals surface area contributed by atoms with E-state index in [-0.39, 0.29) is 17.9 Å². The van der Waals surface area contributed by atoms with Crippen LogP contribution in [-0.4, -0.2) is 12.6 Å². The molecule has 0 amide bonds. The molecule has 2 nitrogen and oxygen atoms in total. The molecular weight excluding hydrogens is 191 g/mol. The molecule has 1 fully saturated rings. The van der Waals surface area contributed by atoms with Crippen LogP contribution in [0.2, 0.25) is 0 Å². The molecule has 2 rings (SSSR count). The molecule has 1 aliphatic rings. The fourth-order valence-electron chi connectivity index (χ4n) is 2.15. The lowest BCUT2D eigenvalue weighted by atomic mass is 9.93. The first-order valence-electron chi connectivity index (χ1n) is 5.52. The molecule has 1 aromatic rings. The average Bonchev–Trinajstić information content (AvgIpc) is 2.30. The monoisotopic (exact) mass is 208 g/mol. The number of nitrogens with one attached hydrogen (secondary N) is 1. The number of hydrogen-bond donors (Lipinski definition) is 2. The molecule has 0 radical (unpaired) electrons. The Balaban J connectivity index is 2.12. The second-order valence-corrected chi connectivity index (χ2v) is 4.10. The van der Waals surface area contributed by atoms with Gasteiger partial charge >= 0.3 is 0 Å². The maximum Gasteiger partial charge on any atom is 0.128 e. The number of rotatable bonds is 2. The third-order valence-corrected chi connectivity index (χ3v) is 3.05. The first kappa shape index (κ1) is 10.6. The van der Waals surface area contributed by atoms with Gasteiger partial charge in [0.2, 0.25) is 0 Å². The van der Waals surface area contributed by atoms with E-state index in [0.717, 1.165) is 13.0 Å². The lowest BCUT2D eigenvalue weighted by Gasteiger charge is -2.29. The Morgan fingerprint density at radius 1 is 1.33 bits per heavy atom. The van der Waals surface area contributed by atoms with Crippen LogP contribution in [-0.2, 0) is 0 Å². The van der Waals surface area contributed by atoms with Crippen molar-refractivity contribution in [2.45, 2.75) is 31.3 Å². The van der Waals surface area contributed by atoms with Crippen molar-refractivity contribution in [3.63, 3.8) is 0 Å². The van der Waals surface area contributed by atoms with Crippen LogP contribution in [0.3, 0.4) is 0 Å². The van der Waals surface area contributed by atoms with E-state index < -0.39 is 0 Å². The number of halogens is 1. The Hall–Kier alpha value is -0.930. The summed E-state index contributed by atoms with van der Waals surface area (Å²) < 4.78 is 13.5. The highest BCUT2D eigenvalue weighted by Crippen LogP contribution is 2.22. The largest absolute Gasteiger partial charge is 0.323 e. The van der Waals surface area contributed by atoms with E-state index in [0.29, 0.717) is 5.56 Å². The summed E-state index contributed by atoms with van der Waals surface area (Å²) in [5.74, 6) is -0.197. The molecule has 1 heterocycles. The van der Waals surface area contributed by atoms with Crippen LogP contribution in [0.5, 0.6) is 0 Å². The minimum absolute atomic E-state index is 0.197. The van der Waals surface area contributed by atoms with Crippen LogP contribution in [0.15, 0.2) is 24.3 Å². The summed E-state index contributed by atoms with van der Waals surface area (Å²) in [7, 11) is 0. The normalized spacial score (nSPS) is 23.7. The zero-order valence-corrected chi connectivity index (χ0v) is 8.75. The number of piperidine rings is 1. The smallest absolute Gasteiger partial charge is 0.128 e. The Morgan fingerprint density at radius 3 is 2.80 bits per heavy atom. The molecule has 0 aromatic heterocycles. The molecule has 0 aliphatic carbocycles. The van der Waals surface area contributed by atoms with Crippen molar-refractivity contribution < 1.29 is 4.39 Å². The van der Waals surface area contributed by atoms with Crippen LogP contribution in [0, 0.1) is 5.82 Å². The molecule has 2 atom stereocenters. The maximum atomic E-state index is 13.5. The molecule has 0 spiro atoms. The van der Waals surface area contributed by atoms with Gasteiger partial charge in [0.25, 0.3) is 0 Å². The summed E-state index contributed by atoms with van der Waals surface area (Å²) in [6, 6.07) is 6.76. The molecule has 1 aliphatic heterocycles. The van der Waals surface area contributed by atoms with Crippen LogP contribution in [0.25, 0.3) is 0 Å². The summed E-state index contributed by atoms with van der Waals surface area (Å²) in [5, 5.41) is 3.35. The lowest BCUT2D eigenvalue weighted by molar-refractivity contribution is 0.348. The van der Waals surface area contributed by atoms with Gasteiger partial charge in [-0.1, -0.05) is 24.6 Å². The van der Waals surface area contributed by atoms with Gasteiger partial charge in [-0.15, -0.1) is 0 Å². The van der Waals surface area contributed by atoms with E-state index in [1.165, 1.54) is 18.9 Å². The Kier molecular flexibility index (Phi) is 3.34. The van der Waals surface area contributed by atoms with Crippen molar-refractivity contribution in [1.82, 2.24) is 5.32 Å². The predicted octanol–water partition coefficient (Wildman–Crippen LogP) is 1.97. The van der Waals surface area contributed by atoms with Gasteiger partial charge in [-0.25, -0.2) is 4.39 Å². The van der Waals surface area contributed by atoms with Gasteiger partial charge in [0.05, 0.1) is 0 Å². The quantitative estimate of drug-likeness (QED) is 0.779. The standard InChI is InChI=1S/C12H17FN2/c13-10-6-2-1-5-9(10)12(14)11-7-3-4-8-15-11/h1-2,5-6,11-12,15H,3-4,7-8,14H2. The highest BCUT2D eigenvalue weighted by molar-refractivity contribution is 5.22. The Labute approximate surface area is 89.7 Å². The van der Waals surface area contributed by atoms with Crippen molar-refractivity contribution in [2.75, 3.05) is 6.54 Å². The van der Waals surface area contributed by atoms with Gasteiger partial charge in [0, 0.05) is 17.6 Å². The SMILES string of the molecule is NC(c1ccccc1F)C1CCCCN1. The minimum Gasteiger partial charge on any atom is -0.323 e. The molecule has 3 heteroatoms. The van der Waals surface area contributed by atoms with Crippen LogP contribution >= 0.6 is 0 Å². The van der Waals surface area contributed by atoms with Gasteiger partial charge in [-0.3, -0.25) is 0 Å². The maximum absolute atomic E-state index is 13.5. The fraction of sp³-hybridized carbons (Fsp3) is 0.500. The minimum atomic E-state index is -0.230. The third-order valence-electron chi connectivity index (χ3n) is 3.05. The molecule has 0 saturated carbocycles. The van der Waals surface area contributed by atoms with Crippen LogP contribution < -0.4 is 11.1 Å². The van der Waals surface area contributed by atoms with Gasteiger partial charge < -0.3 is 11.1 Å². The second-order valence-electron chi connectivity index (χ2n) is 4.10. The molecule has 15 heavy (non-hydrogen) atoms. The highest BCUT2D eigenvalue weighted by Gasteiger charge is 2.22. The van der Waals surface area contributed by atoms with E-state index in [1.54, 1.807) is 12.1 Å². The molecule has 82 valence electrons. The zero-order valence-electron chi connectivity index (χ0n) is 8.75. The highest BCUT2D eigenvalue weighted by atomic mass is 19.1. The second kappa shape index (κ2) is 4.73. The summed E-state index contributed by atoms with van der Waals surface area (Å²) in [6.45, 7) is 0.993. The van der Waals surface area contributed by atoms with Gasteiger partial charge in [0.15, 0.2) is 0 Å². The first-order valence-corrected chi connectivity index (χ1v) is 5.52. The Morgan fingerprint density at radius 2 is 2.13 bits per heavy atom. The number of nitrogens with two attached hydrogens (primary N) is 1. The van der Waals surface area contributed by atoms with Crippen molar-refractivity contribution in [1.29, 1.82) is 0 Å². The van der Waals surface area contributed by atoms with E-state index >= 15 is 0 Å². The van der Waals surface area contributed by atoms with Gasteiger partial charge in [0.1, 0.15) is 5.82 Å². The summed E-state index contributed by atoms with van der Waals surface area (Å²) in [4.78, 5) is 0. The molecule has 2 unspecified atom stereocenters. The van der Waals surface area contributed by atoms with E-state index in [9.17, 15) is 4.39 Å². The van der Waals surface area contributed by atoms with Crippen molar-refractivity contribution in [2.24, 2.45) is 5.73 Å². The lowest BCUT2D eigenvalue weighted by Crippen LogP contribution is -2.42. The average molecular weight is 208 g/mol. The first-order chi connectivity index (χ1) is 7.29. The van der Waals surface area contributed by atoms with Crippen molar-refractivity contribution in [3.05, 3.63) is 35.6 Å². The topological polar surface area (TPSA) is 38.0 Å². The van der Waals surface area contributed by atoms with Gasteiger partial charge in [-0.05, 0) is 25.5 Å². The van der Waals surface area contributed by atoms with Crippen LogP contribution in [0.4, 0.5) is 4.39 Å². The zero-order chi connectivity index (χ0) is 10.7. The van der Waals surface area contributed by atoms with E-state index in [4.69, 9.17) is 5.73 Å².